The molecule has 0 amide bonds. The van der Waals surface area contributed by atoms with Crippen molar-refractivity contribution >= 4 is 11.6 Å². The standard InChI is InChI=1S/C10H17ClN2O2/c1-5-10(2,15-4)9(14)8-7(11)6-12-13(8)3/h6,9,14H,5H2,1-4H3. The molecule has 4 nitrogen and oxygen atoms in total. The Morgan fingerprint density at radius 3 is 2.67 bits per heavy atom. The zero-order valence-electron chi connectivity index (χ0n) is 9.49. The van der Waals surface area contributed by atoms with Crippen molar-refractivity contribution < 1.29 is 9.84 Å². The average Bonchev–Trinajstić information content (AvgIpc) is 2.56. The van der Waals surface area contributed by atoms with Crippen LogP contribution in [0.1, 0.15) is 32.1 Å². The molecule has 1 heterocycles. The lowest BCUT2D eigenvalue weighted by Crippen LogP contribution is -2.35. The quantitative estimate of drug-likeness (QED) is 0.863. The second-order valence-electron chi connectivity index (χ2n) is 3.77. The Bertz CT molecular complexity index is 315. The van der Waals surface area contributed by atoms with Crippen molar-refractivity contribution in [3.63, 3.8) is 0 Å². The number of rotatable bonds is 4. The Labute approximate surface area is 94.8 Å². The van der Waals surface area contributed by atoms with Gasteiger partial charge in [0, 0.05) is 14.2 Å². The molecule has 0 aromatic carbocycles. The highest BCUT2D eigenvalue weighted by Crippen LogP contribution is 2.34. The third-order valence-corrected chi connectivity index (χ3v) is 3.23. The lowest BCUT2D eigenvalue weighted by atomic mass is 9.93. The first-order valence-corrected chi connectivity index (χ1v) is 5.24. The van der Waals surface area contributed by atoms with E-state index in [1.807, 2.05) is 13.8 Å². The summed E-state index contributed by atoms with van der Waals surface area (Å²) in [4.78, 5) is 0. The molecule has 0 aliphatic carbocycles. The zero-order valence-corrected chi connectivity index (χ0v) is 10.2. The molecule has 1 aromatic heterocycles. The first-order chi connectivity index (χ1) is 6.96. The maximum atomic E-state index is 10.2. The number of ether oxygens (including phenoxy) is 1. The van der Waals surface area contributed by atoms with Crippen LogP contribution in [0.3, 0.4) is 0 Å². The van der Waals surface area contributed by atoms with Crippen molar-refractivity contribution in [3.05, 3.63) is 16.9 Å². The maximum Gasteiger partial charge on any atom is 0.126 e. The van der Waals surface area contributed by atoms with Gasteiger partial charge in [0.25, 0.3) is 0 Å². The van der Waals surface area contributed by atoms with E-state index in [9.17, 15) is 5.11 Å². The van der Waals surface area contributed by atoms with Gasteiger partial charge in [0.2, 0.25) is 0 Å². The van der Waals surface area contributed by atoms with Crippen molar-refractivity contribution in [1.29, 1.82) is 0 Å². The molecule has 5 heteroatoms. The van der Waals surface area contributed by atoms with Crippen molar-refractivity contribution in [2.45, 2.75) is 32.0 Å². The molecule has 0 radical (unpaired) electrons. The summed E-state index contributed by atoms with van der Waals surface area (Å²) in [6.45, 7) is 3.80. The Kier molecular flexibility index (Phi) is 3.76. The van der Waals surface area contributed by atoms with Crippen LogP contribution in [0, 0.1) is 0 Å². The minimum absolute atomic E-state index is 0.460. The van der Waals surface area contributed by atoms with E-state index in [-0.39, 0.29) is 0 Å². The molecule has 1 aromatic rings. The summed E-state index contributed by atoms with van der Waals surface area (Å²) >= 11 is 5.96. The van der Waals surface area contributed by atoms with Crippen LogP contribution in [0.4, 0.5) is 0 Å². The second-order valence-corrected chi connectivity index (χ2v) is 4.18. The number of methoxy groups -OCH3 is 1. The number of aliphatic hydroxyl groups is 1. The van der Waals surface area contributed by atoms with Gasteiger partial charge in [-0.25, -0.2) is 0 Å². The van der Waals surface area contributed by atoms with Crippen LogP contribution < -0.4 is 0 Å². The summed E-state index contributed by atoms with van der Waals surface area (Å²) in [7, 11) is 3.33. The van der Waals surface area contributed by atoms with Crippen LogP contribution in [0.2, 0.25) is 5.02 Å². The van der Waals surface area contributed by atoms with E-state index in [4.69, 9.17) is 16.3 Å². The van der Waals surface area contributed by atoms with E-state index in [1.54, 1.807) is 18.8 Å². The number of aryl methyl sites for hydroxylation is 1. The van der Waals surface area contributed by atoms with E-state index in [2.05, 4.69) is 5.10 Å². The number of nitrogens with zero attached hydrogens (tertiary/aromatic N) is 2. The normalized spacial score (nSPS) is 17.5. The highest BCUT2D eigenvalue weighted by Gasteiger charge is 2.35. The van der Waals surface area contributed by atoms with Crippen molar-refractivity contribution in [2.75, 3.05) is 7.11 Å². The molecule has 0 aliphatic rings. The first-order valence-electron chi connectivity index (χ1n) is 4.87. The van der Waals surface area contributed by atoms with Crippen LogP contribution in [0.25, 0.3) is 0 Å². The molecular weight excluding hydrogens is 216 g/mol. The zero-order chi connectivity index (χ0) is 11.6. The fraction of sp³-hybridized carbons (Fsp3) is 0.700. The van der Waals surface area contributed by atoms with Crippen molar-refractivity contribution in [3.8, 4) is 0 Å². The first kappa shape index (κ1) is 12.5. The number of halogens is 1. The highest BCUT2D eigenvalue weighted by atomic mass is 35.5. The van der Waals surface area contributed by atoms with Crippen LogP contribution in [0.5, 0.6) is 0 Å². The Morgan fingerprint density at radius 2 is 2.33 bits per heavy atom. The fourth-order valence-electron chi connectivity index (χ4n) is 1.47. The minimum atomic E-state index is -0.785. The van der Waals surface area contributed by atoms with E-state index in [0.29, 0.717) is 17.1 Å². The smallest absolute Gasteiger partial charge is 0.126 e. The third-order valence-electron chi connectivity index (χ3n) is 2.94. The van der Waals surface area contributed by atoms with Crippen LogP contribution in [0.15, 0.2) is 6.20 Å². The summed E-state index contributed by atoms with van der Waals surface area (Å²) in [5.74, 6) is 0. The Balaban J connectivity index is 3.08. The average molecular weight is 233 g/mol. The number of hydrogen-bond acceptors (Lipinski definition) is 3. The van der Waals surface area contributed by atoms with E-state index in [0.717, 1.165) is 0 Å². The van der Waals surface area contributed by atoms with E-state index < -0.39 is 11.7 Å². The largest absolute Gasteiger partial charge is 0.384 e. The number of aromatic nitrogens is 2. The predicted octanol–water partition coefficient (Wildman–Crippen LogP) is 1.92. The summed E-state index contributed by atoms with van der Waals surface area (Å²) in [5, 5.41) is 14.7. The lowest BCUT2D eigenvalue weighted by Gasteiger charge is -2.32. The molecule has 2 atom stereocenters. The van der Waals surface area contributed by atoms with E-state index >= 15 is 0 Å². The molecule has 0 saturated carbocycles. The Morgan fingerprint density at radius 1 is 1.73 bits per heavy atom. The van der Waals surface area contributed by atoms with Gasteiger partial charge in [0.15, 0.2) is 0 Å². The molecule has 2 unspecified atom stereocenters. The number of aliphatic hydroxyl groups excluding tert-OH is 1. The predicted molar refractivity (Wildman–Crippen MR) is 58.9 cm³/mol. The third kappa shape index (κ3) is 2.17. The minimum Gasteiger partial charge on any atom is -0.384 e. The lowest BCUT2D eigenvalue weighted by molar-refractivity contribution is -0.0972. The number of hydrogen-bond donors (Lipinski definition) is 1. The molecular formula is C10H17ClN2O2. The van der Waals surface area contributed by atoms with Crippen molar-refractivity contribution in [2.24, 2.45) is 7.05 Å². The topological polar surface area (TPSA) is 47.3 Å². The summed E-state index contributed by atoms with van der Waals surface area (Å²) in [5.41, 5.74) is -0.0554. The van der Waals surface area contributed by atoms with Gasteiger partial charge in [0.1, 0.15) is 6.10 Å². The molecule has 15 heavy (non-hydrogen) atoms. The van der Waals surface area contributed by atoms with Gasteiger partial charge in [-0.3, -0.25) is 4.68 Å². The van der Waals surface area contributed by atoms with Crippen LogP contribution in [-0.2, 0) is 11.8 Å². The summed E-state index contributed by atoms with van der Waals surface area (Å²) < 4.78 is 6.90. The van der Waals surface area contributed by atoms with Crippen LogP contribution >= 0.6 is 11.6 Å². The van der Waals surface area contributed by atoms with Gasteiger partial charge in [-0.05, 0) is 13.3 Å². The molecule has 86 valence electrons. The van der Waals surface area contributed by atoms with Gasteiger partial charge in [0.05, 0.1) is 22.5 Å². The summed E-state index contributed by atoms with van der Waals surface area (Å²) in [6.07, 6.45) is 1.42. The fourth-order valence-corrected chi connectivity index (χ4v) is 1.74. The molecule has 1 rings (SSSR count). The monoisotopic (exact) mass is 232 g/mol. The SMILES string of the molecule is CCC(C)(OC)C(O)c1c(Cl)cnn1C. The summed E-state index contributed by atoms with van der Waals surface area (Å²) in [6, 6.07) is 0. The molecule has 0 spiro atoms. The maximum absolute atomic E-state index is 10.2. The Hall–Kier alpha value is -0.580. The van der Waals surface area contributed by atoms with Gasteiger partial charge in [-0.1, -0.05) is 18.5 Å². The van der Waals surface area contributed by atoms with Gasteiger partial charge >= 0.3 is 0 Å². The van der Waals surface area contributed by atoms with Crippen molar-refractivity contribution in [1.82, 2.24) is 9.78 Å². The van der Waals surface area contributed by atoms with E-state index in [1.165, 1.54) is 6.20 Å². The molecule has 0 aliphatic heterocycles. The van der Waals surface area contributed by atoms with Gasteiger partial charge < -0.3 is 9.84 Å². The van der Waals surface area contributed by atoms with Gasteiger partial charge in [-0.15, -0.1) is 0 Å². The molecule has 0 saturated heterocycles. The highest BCUT2D eigenvalue weighted by molar-refractivity contribution is 6.31. The van der Waals surface area contributed by atoms with Gasteiger partial charge in [-0.2, -0.15) is 5.10 Å². The molecule has 0 fully saturated rings. The second kappa shape index (κ2) is 4.51. The molecule has 1 N–H and O–H groups in total. The molecule has 0 bridgehead atoms. The van der Waals surface area contributed by atoms with Crippen LogP contribution in [-0.4, -0.2) is 27.6 Å².